The molecule has 6 nitrogen and oxygen atoms in total. The fraction of sp³-hybridized carbons (Fsp3) is 0.300. The predicted molar refractivity (Wildman–Crippen MR) is 103 cm³/mol. The van der Waals surface area contributed by atoms with Gasteiger partial charge in [-0.25, -0.2) is 4.79 Å². The summed E-state index contributed by atoms with van der Waals surface area (Å²) in [6.45, 7) is 2.46. The second-order valence-corrected chi connectivity index (χ2v) is 6.83. The average Bonchev–Trinajstić information content (AvgIpc) is 3.05. The molecule has 1 aliphatic rings. The Morgan fingerprint density at radius 3 is 2.74 bits per heavy atom. The molecule has 1 heterocycles. The molecular formula is C20H21ClN2O4. The van der Waals surface area contributed by atoms with Gasteiger partial charge in [-0.1, -0.05) is 29.8 Å². The van der Waals surface area contributed by atoms with Gasteiger partial charge in [-0.3, -0.25) is 4.79 Å². The minimum atomic E-state index is -0.828. The van der Waals surface area contributed by atoms with E-state index < -0.39 is 12.2 Å². The third kappa shape index (κ3) is 4.07. The molecule has 27 heavy (non-hydrogen) atoms. The Hall–Kier alpha value is -2.57. The first-order valence-electron chi connectivity index (χ1n) is 8.60. The molecule has 0 aromatic heterocycles. The molecule has 1 aliphatic heterocycles. The summed E-state index contributed by atoms with van der Waals surface area (Å²) in [6.07, 6.45) is 0.146. The Labute approximate surface area is 162 Å². The van der Waals surface area contributed by atoms with Crippen molar-refractivity contribution in [3.63, 3.8) is 0 Å². The third-order valence-corrected chi connectivity index (χ3v) is 4.94. The topological polar surface area (TPSA) is 81.9 Å². The van der Waals surface area contributed by atoms with E-state index >= 15 is 0 Å². The Morgan fingerprint density at radius 2 is 2.04 bits per heavy atom. The van der Waals surface area contributed by atoms with E-state index in [1.54, 1.807) is 17.9 Å². The SMILES string of the molecule is COC(=O)Oc1cc(C)c(C(N)CC(=O)N2CCc3ccccc32)c(Cl)c1. The number of carbonyl (C=O) groups is 2. The minimum Gasteiger partial charge on any atom is -0.437 e. The van der Waals surface area contributed by atoms with E-state index in [0.717, 1.165) is 23.2 Å². The highest BCUT2D eigenvalue weighted by molar-refractivity contribution is 6.31. The molecule has 0 saturated heterocycles. The molecule has 142 valence electrons. The van der Waals surface area contributed by atoms with Crippen molar-refractivity contribution in [3.8, 4) is 5.75 Å². The second kappa shape index (κ2) is 7.98. The third-order valence-electron chi connectivity index (χ3n) is 4.63. The summed E-state index contributed by atoms with van der Waals surface area (Å²) in [6, 6.07) is 10.5. The fourth-order valence-electron chi connectivity index (χ4n) is 3.39. The lowest BCUT2D eigenvalue weighted by molar-refractivity contribution is -0.118. The number of para-hydroxylation sites is 1. The van der Waals surface area contributed by atoms with Gasteiger partial charge >= 0.3 is 6.16 Å². The largest absolute Gasteiger partial charge is 0.513 e. The zero-order chi connectivity index (χ0) is 19.6. The number of halogens is 1. The summed E-state index contributed by atoms with van der Waals surface area (Å²) in [5.74, 6) is 0.220. The zero-order valence-electron chi connectivity index (χ0n) is 15.2. The number of benzene rings is 2. The Bertz CT molecular complexity index is 861. The first-order chi connectivity index (χ1) is 12.9. The van der Waals surface area contributed by atoms with Gasteiger partial charge in [0, 0.05) is 35.8 Å². The van der Waals surface area contributed by atoms with E-state index in [1.807, 2.05) is 24.3 Å². The monoisotopic (exact) mass is 388 g/mol. The van der Waals surface area contributed by atoms with Crippen LogP contribution in [0.25, 0.3) is 0 Å². The van der Waals surface area contributed by atoms with Crippen LogP contribution in [-0.4, -0.2) is 25.7 Å². The lowest BCUT2D eigenvalue weighted by atomic mass is 9.98. The molecule has 0 radical (unpaired) electrons. The molecule has 0 bridgehead atoms. The van der Waals surface area contributed by atoms with Crippen molar-refractivity contribution in [1.82, 2.24) is 0 Å². The number of hydrogen-bond donors (Lipinski definition) is 1. The van der Waals surface area contributed by atoms with Crippen molar-refractivity contribution >= 4 is 29.4 Å². The zero-order valence-corrected chi connectivity index (χ0v) is 16.0. The molecule has 3 rings (SSSR count). The molecule has 2 aromatic rings. The standard InChI is InChI=1S/C20H21ClN2O4/c1-12-9-14(27-20(25)26-2)10-15(21)19(12)16(22)11-18(24)23-8-7-13-5-3-4-6-17(13)23/h3-6,9-10,16H,7-8,11,22H2,1-2H3. The summed E-state index contributed by atoms with van der Waals surface area (Å²) >= 11 is 6.34. The van der Waals surface area contributed by atoms with Gasteiger partial charge in [-0.2, -0.15) is 0 Å². The fourth-order valence-corrected chi connectivity index (χ4v) is 3.78. The molecule has 7 heteroatoms. The van der Waals surface area contributed by atoms with Gasteiger partial charge in [0.1, 0.15) is 5.75 Å². The van der Waals surface area contributed by atoms with Crippen LogP contribution < -0.4 is 15.4 Å². The van der Waals surface area contributed by atoms with E-state index in [1.165, 1.54) is 13.2 Å². The number of aryl methyl sites for hydroxylation is 1. The van der Waals surface area contributed by atoms with Crippen molar-refractivity contribution in [2.45, 2.75) is 25.8 Å². The van der Waals surface area contributed by atoms with Crippen LogP contribution in [0.4, 0.5) is 10.5 Å². The van der Waals surface area contributed by atoms with Crippen molar-refractivity contribution in [2.24, 2.45) is 5.73 Å². The average molecular weight is 389 g/mol. The smallest absolute Gasteiger partial charge is 0.437 e. The molecular weight excluding hydrogens is 368 g/mol. The van der Waals surface area contributed by atoms with Gasteiger partial charge < -0.3 is 20.1 Å². The van der Waals surface area contributed by atoms with Gasteiger partial charge in [-0.15, -0.1) is 0 Å². The van der Waals surface area contributed by atoms with Crippen molar-refractivity contribution < 1.29 is 19.1 Å². The molecule has 0 spiro atoms. The summed E-state index contributed by atoms with van der Waals surface area (Å²) in [5.41, 5.74) is 9.81. The Morgan fingerprint density at radius 1 is 1.30 bits per heavy atom. The van der Waals surface area contributed by atoms with Crippen molar-refractivity contribution in [3.05, 3.63) is 58.1 Å². The highest BCUT2D eigenvalue weighted by Gasteiger charge is 2.27. The van der Waals surface area contributed by atoms with Crippen LogP contribution in [0.15, 0.2) is 36.4 Å². The number of anilines is 1. The summed E-state index contributed by atoms with van der Waals surface area (Å²) in [4.78, 5) is 25.8. The van der Waals surface area contributed by atoms with Gasteiger partial charge in [0.2, 0.25) is 5.91 Å². The van der Waals surface area contributed by atoms with Crippen LogP contribution in [0, 0.1) is 6.92 Å². The lowest BCUT2D eigenvalue weighted by Crippen LogP contribution is -2.32. The normalized spacial score (nSPS) is 13.9. The van der Waals surface area contributed by atoms with Gasteiger partial charge in [0.05, 0.1) is 7.11 Å². The molecule has 0 aliphatic carbocycles. The number of nitrogens with zero attached hydrogens (tertiary/aromatic N) is 1. The van der Waals surface area contributed by atoms with E-state index in [4.69, 9.17) is 22.1 Å². The number of fused-ring (bicyclic) bond motifs is 1. The highest BCUT2D eigenvalue weighted by Crippen LogP contribution is 2.33. The highest BCUT2D eigenvalue weighted by atomic mass is 35.5. The summed E-state index contributed by atoms with van der Waals surface area (Å²) in [7, 11) is 1.23. The first kappa shape index (κ1) is 19.2. The molecule has 0 fully saturated rings. The van der Waals surface area contributed by atoms with Crippen LogP contribution in [0.1, 0.15) is 29.2 Å². The van der Waals surface area contributed by atoms with Crippen LogP contribution >= 0.6 is 11.6 Å². The Kier molecular flexibility index (Phi) is 5.68. The van der Waals surface area contributed by atoms with E-state index in [0.29, 0.717) is 17.1 Å². The van der Waals surface area contributed by atoms with E-state index in [2.05, 4.69) is 4.74 Å². The second-order valence-electron chi connectivity index (χ2n) is 6.43. The van der Waals surface area contributed by atoms with Gasteiger partial charge in [0.25, 0.3) is 0 Å². The van der Waals surface area contributed by atoms with Crippen LogP contribution in [-0.2, 0) is 16.0 Å². The Balaban J connectivity index is 1.75. The molecule has 1 unspecified atom stereocenters. The van der Waals surface area contributed by atoms with Crippen molar-refractivity contribution in [2.75, 3.05) is 18.6 Å². The number of rotatable bonds is 4. The number of amides is 1. The van der Waals surface area contributed by atoms with E-state index in [9.17, 15) is 9.59 Å². The number of carbonyl (C=O) groups excluding carboxylic acids is 2. The summed E-state index contributed by atoms with van der Waals surface area (Å²) in [5, 5.41) is 0.344. The quantitative estimate of drug-likeness (QED) is 0.636. The van der Waals surface area contributed by atoms with Gasteiger partial charge in [-0.05, 0) is 42.2 Å². The number of methoxy groups -OCH3 is 1. The van der Waals surface area contributed by atoms with Crippen LogP contribution in [0.2, 0.25) is 5.02 Å². The first-order valence-corrected chi connectivity index (χ1v) is 8.98. The molecule has 1 amide bonds. The predicted octanol–water partition coefficient (Wildman–Crippen LogP) is 3.77. The molecule has 2 aromatic carbocycles. The number of hydrogen-bond acceptors (Lipinski definition) is 5. The van der Waals surface area contributed by atoms with Crippen LogP contribution in [0.3, 0.4) is 0 Å². The molecule has 0 saturated carbocycles. The maximum atomic E-state index is 12.8. The maximum Gasteiger partial charge on any atom is 0.513 e. The molecule has 1 atom stereocenters. The lowest BCUT2D eigenvalue weighted by Gasteiger charge is -2.22. The molecule has 2 N–H and O–H groups in total. The minimum absolute atomic E-state index is 0.0437. The van der Waals surface area contributed by atoms with Crippen molar-refractivity contribution in [1.29, 1.82) is 0 Å². The number of nitrogens with two attached hydrogens (primary N) is 1. The van der Waals surface area contributed by atoms with E-state index in [-0.39, 0.29) is 18.1 Å². The number of ether oxygens (including phenoxy) is 2. The van der Waals surface area contributed by atoms with Crippen LogP contribution in [0.5, 0.6) is 5.75 Å². The maximum absolute atomic E-state index is 12.8. The van der Waals surface area contributed by atoms with Gasteiger partial charge in [0.15, 0.2) is 0 Å². The summed E-state index contributed by atoms with van der Waals surface area (Å²) < 4.78 is 9.47.